The van der Waals surface area contributed by atoms with Gasteiger partial charge in [0.25, 0.3) is 0 Å². The maximum atomic E-state index is 11.2. The number of nitrogens with one attached hydrogen (secondary N) is 1. The van der Waals surface area contributed by atoms with Crippen LogP contribution in [0, 0.1) is 11.3 Å². The highest BCUT2D eigenvalue weighted by Gasteiger charge is 2.22. The Labute approximate surface area is 82.6 Å². The summed E-state index contributed by atoms with van der Waals surface area (Å²) in [5.41, 5.74) is 0. The zero-order valence-electron chi connectivity index (χ0n) is 7.73. The van der Waals surface area contributed by atoms with Crippen molar-refractivity contribution < 1.29 is 18.3 Å². The lowest BCUT2D eigenvalue weighted by Crippen LogP contribution is -2.34. The number of nitriles is 1. The summed E-state index contributed by atoms with van der Waals surface area (Å²) in [4.78, 5) is 10.1. The van der Waals surface area contributed by atoms with Crippen molar-refractivity contribution in [3.05, 3.63) is 0 Å². The van der Waals surface area contributed by atoms with Gasteiger partial charge in [-0.2, -0.15) is 5.26 Å². The Bertz CT molecular complexity index is 330. The highest BCUT2D eigenvalue weighted by Crippen LogP contribution is 2.02. The third-order valence-corrected chi connectivity index (χ3v) is 3.33. The third-order valence-electron chi connectivity index (χ3n) is 1.53. The maximum absolute atomic E-state index is 11.2. The van der Waals surface area contributed by atoms with E-state index in [0.29, 0.717) is 0 Å². The fourth-order valence-electron chi connectivity index (χ4n) is 0.781. The van der Waals surface area contributed by atoms with E-state index in [4.69, 9.17) is 10.4 Å². The van der Waals surface area contributed by atoms with Gasteiger partial charge in [-0.05, 0) is 6.42 Å². The molecule has 0 aliphatic carbocycles. The van der Waals surface area contributed by atoms with Crippen molar-refractivity contribution in [1.29, 1.82) is 5.26 Å². The van der Waals surface area contributed by atoms with Crippen LogP contribution in [0.4, 0.5) is 0 Å². The van der Waals surface area contributed by atoms with Crippen LogP contribution < -0.4 is 4.72 Å². The van der Waals surface area contributed by atoms with E-state index in [1.54, 1.807) is 13.0 Å². The van der Waals surface area contributed by atoms with Gasteiger partial charge in [-0.15, -0.1) is 0 Å². The lowest BCUT2D eigenvalue weighted by atomic mass is 10.4. The zero-order chi connectivity index (χ0) is 11.2. The van der Waals surface area contributed by atoms with E-state index in [2.05, 4.69) is 4.72 Å². The second kappa shape index (κ2) is 5.57. The van der Waals surface area contributed by atoms with Gasteiger partial charge in [-0.1, -0.05) is 6.92 Å². The van der Waals surface area contributed by atoms with Gasteiger partial charge in [0.15, 0.2) is 5.25 Å². The van der Waals surface area contributed by atoms with Gasteiger partial charge in [0.2, 0.25) is 10.0 Å². The minimum Gasteiger partial charge on any atom is -0.481 e. The number of hydrogen-bond donors (Lipinski definition) is 2. The van der Waals surface area contributed by atoms with Gasteiger partial charge in [0.05, 0.1) is 12.5 Å². The minimum atomic E-state index is -3.69. The van der Waals surface area contributed by atoms with Gasteiger partial charge in [0, 0.05) is 6.54 Å². The summed E-state index contributed by atoms with van der Waals surface area (Å²) in [5.74, 6) is -1.09. The van der Waals surface area contributed by atoms with Crippen LogP contribution in [0.15, 0.2) is 0 Å². The normalized spacial score (nSPS) is 13.1. The van der Waals surface area contributed by atoms with Crippen LogP contribution >= 0.6 is 0 Å². The first-order valence-electron chi connectivity index (χ1n) is 4.04. The van der Waals surface area contributed by atoms with Gasteiger partial charge in [-0.3, -0.25) is 4.79 Å². The standard InChI is InChI=1S/C7H12N2O4S/c1-2-6(5-8)14(12,13)9-4-3-7(10)11/h6,9H,2-4H2,1H3,(H,10,11). The van der Waals surface area contributed by atoms with Crippen LogP contribution in [0.1, 0.15) is 19.8 Å². The number of carbonyl (C=O) groups is 1. The Balaban J connectivity index is 4.22. The van der Waals surface area contributed by atoms with Crippen LogP contribution in [0.5, 0.6) is 0 Å². The monoisotopic (exact) mass is 220 g/mol. The molecule has 0 radical (unpaired) electrons. The zero-order valence-corrected chi connectivity index (χ0v) is 8.54. The summed E-state index contributed by atoms with van der Waals surface area (Å²) < 4.78 is 24.6. The molecule has 0 aromatic heterocycles. The Morgan fingerprint density at radius 3 is 2.57 bits per heavy atom. The fraction of sp³-hybridized carbons (Fsp3) is 0.714. The molecule has 2 N–H and O–H groups in total. The quantitative estimate of drug-likeness (QED) is 0.638. The number of nitrogens with zero attached hydrogens (tertiary/aromatic N) is 1. The SMILES string of the molecule is CCC(C#N)S(=O)(=O)NCCC(=O)O. The summed E-state index contributed by atoms with van der Waals surface area (Å²) >= 11 is 0. The molecule has 0 spiro atoms. The Morgan fingerprint density at radius 1 is 1.64 bits per heavy atom. The number of carboxylic acid groups (broad SMARTS) is 1. The summed E-state index contributed by atoms with van der Waals surface area (Å²) in [7, 11) is -3.69. The maximum Gasteiger partial charge on any atom is 0.304 e. The van der Waals surface area contributed by atoms with E-state index in [-0.39, 0.29) is 19.4 Å². The third kappa shape index (κ3) is 4.20. The summed E-state index contributed by atoms with van der Waals surface area (Å²) in [6.45, 7) is 1.39. The highest BCUT2D eigenvalue weighted by molar-refractivity contribution is 7.90. The summed E-state index contributed by atoms with van der Waals surface area (Å²) in [5, 5.41) is 15.6. The molecule has 1 atom stereocenters. The molecule has 0 aromatic rings. The first kappa shape index (κ1) is 12.9. The van der Waals surface area contributed by atoms with Gasteiger partial charge in [-0.25, -0.2) is 13.1 Å². The van der Waals surface area contributed by atoms with E-state index < -0.39 is 21.2 Å². The number of carboxylic acids is 1. The molecule has 0 amide bonds. The first-order valence-corrected chi connectivity index (χ1v) is 5.58. The molecule has 6 nitrogen and oxygen atoms in total. The van der Waals surface area contributed by atoms with Crippen LogP contribution in [0.25, 0.3) is 0 Å². The summed E-state index contributed by atoms with van der Waals surface area (Å²) in [6, 6.07) is 1.63. The van der Waals surface area contributed by atoms with Gasteiger partial charge >= 0.3 is 5.97 Å². The molecule has 7 heteroatoms. The molecule has 0 bridgehead atoms. The van der Waals surface area contributed by atoms with Crippen molar-refractivity contribution >= 4 is 16.0 Å². The number of hydrogen-bond acceptors (Lipinski definition) is 4. The van der Waals surface area contributed by atoms with Crippen molar-refractivity contribution in [2.75, 3.05) is 6.54 Å². The van der Waals surface area contributed by atoms with Gasteiger partial charge < -0.3 is 5.11 Å². The number of rotatable bonds is 6. The molecular weight excluding hydrogens is 208 g/mol. The average Bonchev–Trinajstić information content (AvgIpc) is 2.04. The van der Waals surface area contributed by atoms with Crippen molar-refractivity contribution in [1.82, 2.24) is 4.72 Å². The number of sulfonamides is 1. The molecule has 0 saturated carbocycles. The van der Waals surface area contributed by atoms with Crippen molar-refractivity contribution in [3.8, 4) is 6.07 Å². The van der Waals surface area contributed by atoms with E-state index in [1.165, 1.54) is 0 Å². The van der Waals surface area contributed by atoms with Crippen molar-refractivity contribution in [2.45, 2.75) is 25.0 Å². The topological polar surface area (TPSA) is 107 Å². The second-order valence-corrected chi connectivity index (χ2v) is 4.56. The highest BCUT2D eigenvalue weighted by atomic mass is 32.2. The van der Waals surface area contributed by atoms with Crippen LogP contribution in [0.3, 0.4) is 0 Å². The molecule has 0 heterocycles. The van der Waals surface area contributed by atoms with Crippen LogP contribution in [-0.2, 0) is 14.8 Å². The van der Waals surface area contributed by atoms with E-state index in [9.17, 15) is 13.2 Å². The fourth-order valence-corrected chi connectivity index (χ4v) is 1.95. The predicted octanol–water partition coefficient (Wildman–Crippen LogP) is -0.317. The largest absolute Gasteiger partial charge is 0.481 e. The van der Waals surface area contributed by atoms with Crippen LogP contribution in [0.2, 0.25) is 0 Å². The lowest BCUT2D eigenvalue weighted by Gasteiger charge is -2.08. The Hall–Kier alpha value is -1.13. The van der Waals surface area contributed by atoms with Crippen molar-refractivity contribution in [3.63, 3.8) is 0 Å². The van der Waals surface area contributed by atoms with Crippen molar-refractivity contribution in [2.24, 2.45) is 0 Å². The van der Waals surface area contributed by atoms with E-state index in [1.807, 2.05) is 0 Å². The molecule has 80 valence electrons. The van der Waals surface area contributed by atoms with Crippen LogP contribution in [-0.4, -0.2) is 31.3 Å². The van der Waals surface area contributed by atoms with Gasteiger partial charge in [0.1, 0.15) is 0 Å². The van der Waals surface area contributed by atoms with E-state index >= 15 is 0 Å². The predicted molar refractivity (Wildman–Crippen MR) is 48.9 cm³/mol. The molecule has 14 heavy (non-hydrogen) atoms. The molecule has 0 aliphatic heterocycles. The van der Waals surface area contributed by atoms with E-state index in [0.717, 1.165) is 0 Å². The molecule has 0 saturated heterocycles. The Kier molecular flexibility index (Phi) is 5.12. The molecule has 0 rings (SSSR count). The molecular formula is C7H12N2O4S. The second-order valence-electron chi connectivity index (χ2n) is 2.61. The Morgan fingerprint density at radius 2 is 2.21 bits per heavy atom. The number of aliphatic carboxylic acids is 1. The molecule has 0 fully saturated rings. The first-order chi connectivity index (χ1) is 6.44. The average molecular weight is 220 g/mol. The smallest absolute Gasteiger partial charge is 0.304 e. The molecule has 1 unspecified atom stereocenters. The molecule has 0 aromatic carbocycles. The summed E-state index contributed by atoms with van der Waals surface area (Å²) in [6.07, 6.45) is -0.111. The lowest BCUT2D eigenvalue weighted by molar-refractivity contribution is -0.136. The molecule has 0 aliphatic rings. The minimum absolute atomic E-state index is 0.179.